The highest BCUT2D eigenvalue weighted by molar-refractivity contribution is 7.99. The van der Waals surface area contributed by atoms with Gasteiger partial charge in [0, 0.05) is 24.0 Å². The second-order valence-electron chi connectivity index (χ2n) is 5.35. The maximum absolute atomic E-state index is 12.6. The summed E-state index contributed by atoms with van der Waals surface area (Å²) in [6.07, 6.45) is 4.03. The lowest BCUT2D eigenvalue weighted by Crippen LogP contribution is -2.53. The van der Waals surface area contributed by atoms with Crippen molar-refractivity contribution in [3.63, 3.8) is 0 Å². The Morgan fingerprint density at radius 3 is 2.74 bits per heavy atom. The van der Waals surface area contributed by atoms with Crippen molar-refractivity contribution < 1.29 is 14.7 Å². The van der Waals surface area contributed by atoms with Crippen LogP contribution in [0.1, 0.15) is 25.7 Å². The number of rotatable bonds is 3. The molecule has 0 spiro atoms. The number of amides is 1. The predicted octanol–water partition coefficient (Wildman–Crippen LogP) is 0.780. The molecule has 19 heavy (non-hydrogen) atoms. The molecule has 6 heteroatoms. The molecular formula is C13H22N2O3S. The van der Waals surface area contributed by atoms with Crippen LogP contribution < -0.4 is 5.73 Å². The van der Waals surface area contributed by atoms with Crippen molar-refractivity contribution >= 4 is 23.6 Å². The van der Waals surface area contributed by atoms with E-state index in [1.54, 1.807) is 16.7 Å². The number of carbonyl (C=O) groups is 2. The lowest BCUT2D eigenvalue weighted by Gasteiger charge is -2.38. The zero-order chi connectivity index (χ0) is 13.8. The molecule has 0 aromatic heterocycles. The fourth-order valence-electron chi connectivity index (χ4n) is 3.10. The Hall–Kier alpha value is -0.750. The van der Waals surface area contributed by atoms with Gasteiger partial charge in [0.2, 0.25) is 5.91 Å². The number of carboxylic acids is 1. The van der Waals surface area contributed by atoms with E-state index in [9.17, 15) is 14.7 Å². The van der Waals surface area contributed by atoms with E-state index >= 15 is 0 Å². The summed E-state index contributed by atoms with van der Waals surface area (Å²) in [5.41, 5.74) is 5.76. The van der Waals surface area contributed by atoms with Crippen molar-refractivity contribution in [3.05, 3.63) is 0 Å². The first-order valence-corrected chi connectivity index (χ1v) is 8.11. The van der Waals surface area contributed by atoms with Gasteiger partial charge < -0.3 is 15.7 Å². The average Bonchev–Trinajstić information content (AvgIpc) is 2.46. The minimum Gasteiger partial charge on any atom is -0.480 e. The van der Waals surface area contributed by atoms with Gasteiger partial charge in [-0.1, -0.05) is 12.8 Å². The number of nitrogens with zero attached hydrogens (tertiary/aromatic N) is 1. The molecule has 1 saturated heterocycles. The number of hydrogen-bond acceptors (Lipinski definition) is 4. The summed E-state index contributed by atoms with van der Waals surface area (Å²) >= 11 is 1.61. The van der Waals surface area contributed by atoms with Crippen LogP contribution in [0.3, 0.4) is 0 Å². The van der Waals surface area contributed by atoms with Gasteiger partial charge in [0.15, 0.2) is 0 Å². The molecule has 108 valence electrons. The third kappa shape index (κ3) is 3.23. The molecule has 1 heterocycles. The van der Waals surface area contributed by atoms with E-state index in [4.69, 9.17) is 5.73 Å². The third-order valence-electron chi connectivity index (χ3n) is 4.23. The first-order chi connectivity index (χ1) is 9.15. The van der Waals surface area contributed by atoms with E-state index in [0.29, 0.717) is 18.8 Å². The SMILES string of the molecule is NCC1CCCCC1C(=O)N1CCSCC1C(=O)O. The Kier molecular flexibility index (Phi) is 5.10. The predicted molar refractivity (Wildman–Crippen MR) is 75.0 cm³/mol. The highest BCUT2D eigenvalue weighted by Gasteiger charge is 2.38. The fraction of sp³-hybridized carbons (Fsp3) is 0.846. The van der Waals surface area contributed by atoms with Gasteiger partial charge in [-0.05, 0) is 25.3 Å². The Morgan fingerprint density at radius 1 is 1.32 bits per heavy atom. The number of nitrogens with two attached hydrogens (primary N) is 1. The summed E-state index contributed by atoms with van der Waals surface area (Å²) in [5.74, 6) is 0.619. The summed E-state index contributed by atoms with van der Waals surface area (Å²) in [6, 6.07) is -0.661. The molecule has 0 bridgehead atoms. The average molecular weight is 286 g/mol. The summed E-state index contributed by atoms with van der Waals surface area (Å²) in [5, 5.41) is 9.25. The molecule has 2 fully saturated rings. The monoisotopic (exact) mass is 286 g/mol. The summed E-state index contributed by atoms with van der Waals surface area (Å²) < 4.78 is 0. The van der Waals surface area contributed by atoms with E-state index in [1.165, 1.54) is 0 Å². The highest BCUT2D eigenvalue weighted by Crippen LogP contribution is 2.32. The molecule has 3 N–H and O–H groups in total. The normalized spacial score (nSPS) is 32.1. The van der Waals surface area contributed by atoms with E-state index in [2.05, 4.69) is 0 Å². The first-order valence-electron chi connectivity index (χ1n) is 6.96. The second kappa shape index (κ2) is 6.61. The maximum Gasteiger partial charge on any atom is 0.327 e. The Morgan fingerprint density at radius 2 is 2.05 bits per heavy atom. The molecule has 3 unspecified atom stereocenters. The van der Waals surface area contributed by atoms with Crippen molar-refractivity contribution in [3.8, 4) is 0 Å². The minimum absolute atomic E-state index is 0.0165. The van der Waals surface area contributed by atoms with Crippen LogP contribution in [-0.2, 0) is 9.59 Å². The van der Waals surface area contributed by atoms with E-state index < -0.39 is 12.0 Å². The van der Waals surface area contributed by atoms with Gasteiger partial charge in [-0.2, -0.15) is 11.8 Å². The zero-order valence-corrected chi connectivity index (χ0v) is 11.9. The molecule has 1 aliphatic heterocycles. The summed E-state index contributed by atoms with van der Waals surface area (Å²) in [6.45, 7) is 1.07. The van der Waals surface area contributed by atoms with Crippen molar-refractivity contribution in [1.29, 1.82) is 0 Å². The lowest BCUT2D eigenvalue weighted by atomic mass is 9.78. The summed E-state index contributed by atoms with van der Waals surface area (Å²) in [7, 11) is 0. The van der Waals surface area contributed by atoms with Crippen LogP contribution in [0, 0.1) is 11.8 Å². The van der Waals surface area contributed by atoms with Crippen LogP contribution in [0.15, 0.2) is 0 Å². The van der Waals surface area contributed by atoms with Crippen LogP contribution in [0.4, 0.5) is 0 Å². The van der Waals surface area contributed by atoms with E-state index in [0.717, 1.165) is 31.4 Å². The molecule has 0 aromatic carbocycles. The first kappa shape index (κ1) is 14.7. The summed E-state index contributed by atoms with van der Waals surface area (Å²) in [4.78, 5) is 25.5. The fourth-order valence-corrected chi connectivity index (χ4v) is 4.14. The molecule has 5 nitrogen and oxygen atoms in total. The van der Waals surface area contributed by atoms with Crippen LogP contribution in [0.5, 0.6) is 0 Å². The number of thioether (sulfide) groups is 1. The number of carbonyl (C=O) groups excluding carboxylic acids is 1. The molecule has 1 saturated carbocycles. The Balaban J connectivity index is 2.09. The molecule has 2 aliphatic rings. The third-order valence-corrected chi connectivity index (χ3v) is 5.25. The van der Waals surface area contributed by atoms with Crippen LogP contribution in [-0.4, -0.2) is 52.5 Å². The van der Waals surface area contributed by atoms with Crippen LogP contribution >= 0.6 is 11.8 Å². The molecular weight excluding hydrogens is 264 g/mol. The van der Waals surface area contributed by atoms with Gasteiger partial charge in [-0.25, -0.2) is 4.79 Å². The number of aliphatic carboxylic acids is 1. The van der Waals surface area contributed by atoms with Gasteiger partial charge in [0.05, 0.1) is 0 Å². The van der Waals surface area contributed by atoms with E-state index in [1.807, 2.05) is 0 Å². The van der Waals surface area contributed by atoms with E-state index in [-0.39, 0.29) is 17.7 Å². The standard InChI is InChI=1S/C13H22N2O3S/c14-7-9-3-1-2-4-10(9)12(16)15-5-6-19-8-11(15)13(17)18/h9-11H,1-8,14H2,(H,17,18). The quantitative estimate of drug-likeness (QED) is 0.801. The van der Waals surface area contributed by atoms with Gasteiger partial charge in [-0.15, -0.1) is 0 Å². The molecule has 1 aliphatic carbocycles. The van der Waals surface area contributed by atoms with Crippen molar-refractivity contribution in [2.45, 2.75) is 31.7 Å². The minimum atomic E-state index is -0.888. The molecule has 3 atom stereocenters. The van der Waals surface area contributed by atoms with Gasteiger partial charge in [0.25, 0.3) is 0 Å². The zero-order valence-electron chi connectivity index (χ0n) is 11.1. The van der Waals surface area contributed by atoms with Crippen molar-refractivity contribution in [2.75, 3.05) is 24.6 Å². The molecule has 2 rings (SSSR count). The van der Waals surface area contributed by atoms with Crippen molar-refractivity contribution in [1.82, 2.24) is 4.90 Å². The van der Waals surface area contributed by atoms with Crippen molar-refractivity contribution in [2.24, 2.45) is 17.6 Å². The Labute approximate surface area is 117 Å². The maximum atomic E-state index is 12.6. The Bertz CT molecular complexity index is 351. The topological polar surface area (TPSA) is 83.6 Å². The largest absolute Gasteiger partial charge is 0.480 e. The molecule has 1 amide bonds. The lowest BCUT2D eigenvalue weighted by molar-refractivity contribution is -0.152. The highest BCUT2D eigenvalue weighted by atomic mass is 32.2. The van der Waals surface area contributed by atoms with Gasteiger partial charge in [-0.3, -0.25) is 4.79 Å². The smallest absolute Gasteiger partial charge is 0.327 e. The molecule has 0 aromatic rings. The van der Waals surface area contributed by atoms with Crippen LogP contribution in [0.2, 0.25) is 0 Å². The number of hydrogen-bond donors (Lipinski definition) is 2. The van der Waals surface area contributed by atoms with Gasteiger partial charge in [0.1, 0.15) is 6.04 Å². The van der Waals surface area contributed by atoms with Crippen LogP contribution in [0.25, 0.3) is 0 Å². The second-order valence-corrected chi connectivity index (χ2v) is 6.50. The van der Waals surface area contributed by atoms with Gasteiger partial charge >= 0.3 is 5.97 Å². The number of carboxylic acid groups (broad SMARTS) is 1. The molecule has 0 radical (unpaired) electrons.